The molecule has 3 heteroatoms. The van der Waals surface area contributed by atoms with Crippen molar-refractivity contribution in [3.05, 3.63) is 0 Å². The maximum absolute atomic E-state index is 11.5. The van der Waals surface area contributed by atoms with Crippen LogP contribution >= 0.6 is 0 Å². The van der Waals surface area contributed by atoms with Gasteiger partial charge in [-0.2, -0.15) is 0 Å². The molecule has 0 radical (unpaired) electrons. The average Bonchev–Trinajstić information content (AvgIpc) is 2.15. The molecular formula is C12H25NO2. The summed E-state index contributed by atoms with van der Waals surface area (Å²) in [7, 11) is 1.92. The van der Waals surface area contributed by atoms with Crippen molar-refractivity contribution < 1.29 is 9.90 Å². The minimum Gasteiger partial charge on any atom is -0.480 e. The summed E-state index contributed by atoms with van der Waals surface area (Å²) in [4.78, 5) is 13.5. The summed E-state index contributed by atoms with van der Waals surface area (Å²) in [5, 5.41) is 9.46. The van der Waals surface area contributed by atoms with Crippen molar-refractivity contribution in [1.29, 1.82) is 0 Å². The fourth-order valence-electron chi connectivity index (χ4n) is 2.16. The molecule has 0 rings (SSSR count). The lowest BCUT2D eigenvalue weighted by molar-refractivity contribution is -0.153. The van der Waals surface area contributed by atoms with Gasteiger partial charge >= 0.3 is 5.97 Å². The lowest BCUT2D eigenvalue weighted by atomic mass is 9.86. The highest BCUT2D eigenvalue weighted by atomic mass is 16.4. The Morgan fingerprint density at radius 3 is 1.87 bits per heavy atom. The molecule has 0 saturated heterocycles. The Hall–Kier alpha value is -0.570. The molecule has 0 spiro atoms. The van der Waals surface area contributed by atoms with E-state index in [0.29, 0.717) is 0 Å². The second kappa shape index (κ2) is 6.11. The number of hydrogen-bond donors (Lipinski definition) is 1. The van der Waals surface area contributed by atoms with Crippen molar-refractivity contribution >= 4 is 5.97 Å². The predicted molar refractivity (Wildman–Crippen MR) is 63.1 cm³/mol. The summed E-state index contributed by atoms with van der Waals surface area (Å²) in [6.45, 7) is 8.18. The van der Waals surface area contributed by atoms with Crippen LogP contribution in [0.5, 0.6) is 0 Å². The molecule has 0 aliphatic rings. The Bertz CT molecular complexity index is 196. The molecule has 90 valence electrons. The van der Waals surface area contributed by atoms with E-state index >= 15 is 0 Å². The van der Waals surface area contributed by atoms with Crippen molar-refractivity contribution in [2.24, 2.45) is 0 Å². The summed E-state index contributed by atoms with van der Waals surface area (Å²) in [6, 6.07) is 0.263. The normalized spacial score (nSPS) is 12.5. The van der Waals surface area contributed by atoms with E-state index in [1.54, 1.807) is 0 Å². The molecule has 0 amide bonds. The fraction of sp³-hybridized carbons (Fsp3) is 0.917. The Labute approximate surface area is 93.5 Å². The molecule has 0 fully saturated rings. The zero-order chi connectivity index (χ0) is 12.1. The van der Waals surface area contributed by atoms with Crippen molar-refractivity contribution in [1.82, 2.24) is 4.90 Å². The molecule has 0 aliphatic heterocycles. The number of carbonyl (C=O) groups is 1. The maximum Gasteiger partial charge on any atom is 0.324 e. The monoisotopic (exact) mass is 215 g/mol. The maximum atomic E-state index is 11.5. The first-order valence-electron chi connectivity index (χ1n) is 5.88. The highest BCUT2D eigenvalue weighted by Gasteiger charge is 2.41. The van der Waals surface area contributed by atoms with Gasteiger partial charge in [-0.1, -0.05) is 26.7 Å². The number of carboxylic acids is 1. The van der Waals surface area contributed by atoms with Crippen LogP contribution in [-0.2, 0) is 4.79 Å². The Morgan fingerprint density at radius 1 is 1.27 bits per heavy atom. The van der Waals surface area contributed by atoms with E-state index in [-0.39, 0.29) is 6.04 Å². The molecule has 0 aromatic rings. The number of nitrogens with zero attached hydrogens (tertiary/aromatic N) is 1. The molecule has 0 aromatic carbocycles. The van der Waals surface area contributed by atoms with Crippen molar-refractivity contribution in [3.8, 4) is 0 Å². The highest BCUT2D eigenvalue weighted by Crippen LogP contribution is 2.28. The first-order valence-corrected chi connectivity index (χ1v) is 5.88. The topological polar surface area (TPSA) is 40.5 Å². The third-order valence-corrected chi connectivity index (χ3v) is 3.18. The van der Waals surface area contributed by atoms with Crippen LogP contribution in [0.25, 0.3) is 0 Å². The standard InChI is InChI=1S/C12H25NO2/c1-6-8-12(9-7-2,11(14)15)13(5)10(3)4/h10H,6-9H2,1-5H3,(H,14,15). The third-order valence-electron chi connectivity index (χ3n) is 3.18. The summed E-state index contributed by atoms with van der Waals surface area (Å²) in [5.41, 5.74) is -0.669. The van der Waals surface area contributed by atoms with E-state index in [4.69, 9.17) is 0 Å². The summed E-state index contributed by atoms with van der Waals surface area (Å²) in [5.74, 6) is -0.678. The van der Waals surface area contributed by atoms with Crippen LogP contribution in [0.1, 0.15) is 53.4 Å². The van der Waals surface area contributed by atoms with Crippen LogP contribution in [0.4, 0.5) is 0 Å². The highest BCUT2D eigenvalue weighted by molar-refractivity contribution is 5.78. The number of rotatable bonds is 7. The molecule has 0 aliphatic carbocycles. The van der Waals surface area contributed by atoms with Crippen molar-refractivity contribution in [2.45, 2.75) is 65.0 Å². The van der Waals surface area contributed by atoms with Crippen LogP contribution in [0.2, 0.25) is 0 Å². The van der Waals surface area contributed by atoms with Gasteiger partial charge < -0.3 is 5.11 Å². The molecule has 0 saturated carbocycles. The molecule has 0 unspecified atom stereocenters. The van der Waals surface area contributed by atoms with E-state index in [2.05, 4.69) is 0 Å². The molecule has 0 heterocycles. The van der Waals surface area contributed by atoms with E-state index in [1.165, 1.54) is 0 Å². The predicted octanol–water partition coefficient (Wildman–Crippen LogP) is 2.75. The van der Waals surface area contributed by atoms with Gasteiger partial charge in [0.15, 0.2) is 0 Å². The second-order valence-corrected chi connectivity index (χ2v) is 4.54. The van der Waals surface area contributed by atoms with Crippen LogP contribution in [0.15, 0.2) is 0 Å². The smallest absolute Gasteiger partial charge is 0.324 e. The molecular weight excluding hydrogens is 190 g/mol. The molecule has 0 atom stereocenters. The van der Waals surface area contributed by atoms with Gasteiger partial charge in [-0.25, -0.2) is 0 Å². The lowest BCUT2D eigenvalue weighted by Gasteiger charge is -2.40. The molecule has 0 aromatic heterocycles. The average molecular weight is 215 g/mol. The van der Waals surface area contributed by atoms with Crippen LogP contribution in [-0.4, -0.2) is 34.6 Å². The summed E-state index contributed by atoms with van der Waals surface area (Å²) >= 11 is 0. The fourth-order valence-corrected chi connectivity index (χ4v) is 2.16. The van der Waals surface area contributed by atoms with Gasteiger partial charge in [0.1, 0.15) is 5.54 Å². The quantitative estimate of drug-likeness (QED) is 0.710. The van der Waals surface area contributed by atoms with Crippen molar-refractivity contribution in [3.63, 3.8) is 0 Å². The first-order chi connectivity index (χ1) is 6.92. The Balaban J connectivity index is 5.01. The van der Waals surface area contributed by atoms with Crippen LogP contribution in [0, 0.1) is 0 Å². The number of hydrogen-bond acceptors (Lipinski definition) is 2. The van der Waals surface area contributed by atoms with E-state index < -0.39 is 11.5 Å². The molecule has 3 nitrogen and oxygen atoms in total. The van der Waals surface area contributed by atoms with Crippen LogP contribution in [0.3, 0.4) is 0 Å². The Kier molecular flexibility index (Phi) is 5.88. The van der Waals surface area contributed by atoms with Gasteiger partial charge in [0, 0.05) is 6.04 Å². The van der Waals surface area contributed by atoms with Gasteiger partial charge in [0.25, 0.3) is 0 Å². The van der Waals surface area contributed by atoms with Gasteiger partial charge in [-0.05, 0) is 33.7 Å². The number of likely N-dealkylation sites (N-methyl/N-ethyl adjacent to an activating group) is 1. The van der Waals surface area contributed by atoms with Gasteiger partial charge in [-0.15, -0.1) is 0 Å². The summed E-state index contributed by atoms with van der Waals surface area (Å²) in [6.07, 6.45) is 3.27. The molecule has 1 N–H and O–H groups in total. The largest absolute Gasteiger partial charge is 0.480 e. The summed E-state index contributed by atoms with van der Waals surface area (Å²) < 4.78 is 0. The SMILES string of the molecule is CCCC(CCC)(C(=O)O)N(C)C(C)C. The second-order valence-electron chi connectivity index (χ2n) is 4.54. The zero-order valence-corrected chi connectivity index (χ0v) is 10.7. The lowest BCUT2D eigenvalue weighted by Crippen LogP contribution is -2.55. The van der Waals surface area contributed by atoms with Gasteiger partial charge in [0.05, 0.1) is 0 Å². The van der Waals surface area contributed by atoms with E-state index in [1.807, 2.05) is 39.6 Å². The van der Waals surface area contributed by atoms with E-state index in [9.17, 15) is 9.90 Å². The molecule has 15 heavy (non-hydrogen) atoms. The van der Waals surface area contributed by atoms with Gasteiger partial charge in [-0.3, -0.25) is 9.69 Å². The van der Waals surface area contributed by atoms with Crippen LogP contribution < -0.4 is 0 Å². The first kappa shape index (κ1) is 14.4. The zero-order valence-electron chi connectivity index (χ0n) is 10.7. The minimum atomic E-state index is -0.678. The number of aliphatic carboxylic acids is 1. The van der Waals surface area contributed by atoms with Gasteiger partial charge in [0.2, 0.25) is 0 Å². The minimum absolute atomic E-state index is 0.263. The van der Waals surface area contributed by atoms with Crippen molar-refractivity contribution in [2.75, 3.05) is 7.05 Å². The molecule has 0 bridgehead atoms. The van der Waals surface area contributed by atoms with E-state index in [0.717, 1.165) is 25.7 Å². The number of carboxylic acid groups (broad SMARTS) is 1. The Morgan fingerprint density at radius 2 is 1.67 bits per heavy atom. The third kappa shape index (κ3) is 3.20.